The van der Waals surface area contributed by atoms with Gasteiger partial charge in [-0.3, -0.25) is 9.69 Å². The Morgan fingerprint density at radius 2 is 1.93 bits per heavy atom. The van der Waals surface area contributed by atoms with Gasteiger partial charge in [0, 0.05) is 43.9 Å². The van der Waals surface area contributed by atoms with Gasteiger partial charge in [0.1, 0.15) is 5.75 Å². The fourth-order valence-electron chi connectivity index (χ4n) is 4.95. The molecule has 3 atom stereocenters. The topological polar surface area (TPSA) is 37.7 Å². The first-order valence-corrected chi connectivity index (χ1v) is 10.4. The van der Waals surface area contributed by atoms with Crippen LogP contribution in [-0.4, -0.2) is 61.8 Å². The Morgan fingerprint density at radius 1 is 1.14 bits per heavy atom. The molecule has 1 aromatic carbocycles. The minimum atomic E-state index is 0.150. The molecule has 1 aromatic heterocycles. The summed E-state index contributed by atoms with van der Waals surface area (Å²) >= 11 is 0. The number of likely N-dealkylation sites (tertiary alicyclic amines) is 1. The van der Waals surface area contributed by atoms with Crippen molar-refractivity contribution in [2.24, 2.45) is 5.92 Å². The van der Waals surface area contributed by atoms with Crippen LogP contribution in [0.25, 0.3) is 6.08 Å². The van der Waals surface area contributed by atoms with Crippen molar-refractivity contribution in [3.05, 3.63) is 70.2 Å². The molecule has 0 saturated carbocycles. The van der Waals surface area contributed by atoms with E-state index in [1.54, 1.807) is 13.2 Å². The van der Waals surface area contributed by atoms with Crippen molar-refractivity contribution in [3.8, 4) is 5.75 Å². The SMILES string of the molecule is COc1ccc(/C=C/CN2C[C@H]3C[C@@H](C2)[C@H](CN(C)C)n2c3cccc2=O)cc1. The highest BCUT2D eigenvalue weighted by molar-refractivity contribution is 5.50. The zero-order valence-corrected chi connectivity index (χ0v) is 17.6. The normalized spacial score (nSPS) is 24.1. The predicted molar refractivity (Wildman–Crippen MR) is 118 cm³/mol. The van der Waals surface area contributed by atoms with Crippen LogP contribution in [0.15, 0.2) is 53.3 Å². The standard InChI is InChI=1S/C24H31N3O2/c1-25(2)17-23-20-14-19(22-7-4-8-24(28)27(22)23)15-26(16-20)13-5-6-18-9-11-21(29-3)12-10-18/h4-12,19-20,23H,13-17H2,1-3H3/b6-5+/t19-,20+,23+/m1/s1. The molecule has 2 aliphatic heterocycles. The lowest BCUT2D eigenvalue weighted by molar-refractivity contribution is 0.0863. The Morgan fingerprint density at radius 3 is 2.66 bits per heavy atom. The van der Waals surface area contributed by atoms with Crippen LogP contribution in [0.3, 0.4) is 0 Å². The number of hydrogen-bond acceptors (Lipinski definition) is 4. The second kappa shape index (κ2) is 8.56. The minimum Gasteiger partial charge on any atom is -0.497 e. The molecule has 0 amide bonds. The van der Waals surface area contributed by atoms with Gasteiger partial charge >= 0.3 is 0 Å². The van der Waals surface area contributed by atoms with Crippen LogP contribution in [0.5, 0.6) is 5.75 Å². The average molecular weight is 394 g/mol. The largest absolute Gasteiger partial charge is 0.497 e. The zero-order chi connectivity index (χ0) is 20.4. The molecule has 0 N–H and O–H groups in total. The Labute approximate surface area is 173 Å². The summed E-state index contributed by atoms with van der Waals surface area (Å²) in [6, 6.07) is 14.2. The smallest absolute Gasteiger partial charge is 0.251 e. The number of likely N-dealkylation sites (N-methyl/N-ethyl adjacent to an activating group) is 1. The van der Waals surface area contributed by atoms with Crippen molar-refractivity contribution in [1.29, 1.82) is 0 Å². The van der Waals surface area contributed by atoms with E-state index in [0.29, 0.717) is 11.8 Å². The van der Waals surface area contributed by atoms with E-state index >= 15 is 0 Å². The van der Waals surface area contributed by atoms with Crippen molar-refractivity contribution in [2.75, 3.05) is 47.4 Å². The van der Waals surface area contributed by atoms with Crippen LogP contribution in [0.1, 0.15) is 29.6 Å². The summed E-state index contributed by atoms with van der Waals surface area (Å²) in [5.74, 6) is 1.83. The molecule has 2 bridgehead atoms. The highest BCUT2D eigenvalue weighted by Crippen LogP contribution is 2.41. The van der Waals surface area contributed by atoms with E-state index in [1.165, 1.54) is 17.7 Å². The van der Waals surface area contributed by atoms with Crippen molar-refractivity contribution in [1.82, 2.24) is 14.4 Å². The van der Waals surface area contributed by atoms with E-state index < -0.39 is 0 Å². The maximum Gasteiger partial charge on any atom is 0.251 e. The van der Waals surface area contributed by atoms with Gasteiger partial charge in [-0.05, 0) is 50.2 Å². The van der Waals surface area contributed by atoms with Crippen molar-refractivity contribution < 1.29 is 4.74 Å². The third kappa shape index (κ3) is 4.31. The van der Waals surface area contributed by atoms with Gasteiger partial charge in [-0.2, -0.15) is 0 Å². The fourth-order valence-corrected chi connectivity index (χ4v) is 4.95. The lowest BCUT2D eigenvalue weighted by atomic mass is 9.78. The van der Waals surface area contributed by atoms with E-state index in [4.69, 9.17) is 4.74 Å². The third-order valence-corrected chi connectivity index (χ3v) is 6.22. The Kier molecular flexibility index (Phi) is 5.88. The molecule has 5 heteroatoms. The third-order valence-electron chi connectivity index (χ3n) is 6.22. The van der Waals surface area contributed by atoms with E-state index in [2.05, 4.69) is 58.8 Å². The van der Waals surface area contributed by atoms with Crippen molar-refractivity contribution >= 4 is 6.08 Å². The van der Waals surface area contributed by atoms with Crippen molar-refractivity contribution in [3.63, 3.8) is 0 Å². The first-order valence-electron chi connectivity index (χ1n) is 10.4. The van der Waals surface area contributed by atoms with E-state index in [-0.39, 0.29) is 11.6 Å². The van der Waals surface area contributed by atoms with Gasteiger partial charge in [0.2, 0.25) is 0 Å². The summed E-state index contributed by atoms with van der Waals surface area (Å²) in [4.78, 5) is 17.4. The summed E-state index contributed by atoms with van der Waals surface area (Å²) in [6.45, 7) is 3.90. The van der Waals surface area contributed by atoms with Crippen LogP contribution in [0.2, 0.25) is 0 Å². The highest BCUT2D eigenvalue weighted by atomic mass is 16.5. The predicted octanol–water partition coefficient (Wildman–Crippen LogP) is 3.09. The van der Waals surface area contributed by atoms with Gasteiger partial charge in [0.25, 0.3) is 5.56 Å². The Bertz CT molecular complexity index is 916. The number of nitrogens with zero attached hydrogens (tertiary/aromatic N) is 3. The number of rotatable bonds is 6. The maximum atomic E-state index is 12.7. The molecule has 1 fully saturated rings. The van der Waals surface area contributed by atoms with Crippen molar-refractivity contribution in [2.45, 2.75) is 18.4 Å². The molecule has 5 nitrogen and oxygen atoms in total. The number of piperidine rings is 1. The zero-order valence-electron chi connectivity index (χ0n) is 17.6. The summed E-state index contributed by atoms with van der Waals surface area (Å²) < 4.78 is 7.31. The van der Waals surface area contributed by atoms with Crippen LogP contribution < -0.4 is 10.3 Å². The van der Waals surface area contributed by atoms with Gasteiger partial charge in [-0.1, -0.05) is 30.4 Å². The van der Waals surface area contributed by atoms with Gasteiger partial charge in [0.15, 0.2) is 0 Å². The lowest BCUT2D eigenvalue weighted by Gasteiger charge is -2.47. The van der Waals surface area contributed by atoms with Crippen LogP contribution >= 0.6 is 0 Å². The molecule has 1 saturated heterocycles. The molecular formula is C24H31N3O2. The number of methoxy groups -OCH3 is 1. The van der Waals surface area contributed by atoms with E-state index in [9.17, 15) is 4.79 Å². The summed E-state index contributed by atoms with van der Waals surface area (Å²) in [6.07, 6.45) is 5.61. The molecule has 2 aromatic rings. The molecular weight excluding hydrogens is 362 g/mol. The minimum absolute atomic E-state index is 0.150. The molecule has 3 heterocycles. The molecule has 154 valence electrons. The maximum absolute atomic E-state index is 12.7. The summed E-state index contributed by atoms with van der Waals surface area (Å²) in [5.41, 5.74) is 2.55. The molecule has 29 heavy (non-hydrogen) atoms. The van der Waals surface area contributed by atoms with Gasteiger partial charge in [0.05, 0.1) is 13.2 Å². The molecule has 0 spiro atoms. The monoisotopic (exact) mass is 393 g/mol. The number of ether oxygens (including phenoxy) is 1. The van der Waals surface area contributed by atoms with Gasteiger partial charge in [-0.25, -0.2) is 0 Å². The van der Waals surface area contributed by atoms with E-state index in [0.717, 1.165) is 31.9 Å². The number of aromatic nitrogens is 1. The number of hydrogen-bond donors (Lipinski definition) is 0. The average Bonchev–Trinajstić information content (AvgIpc) is 2.71. The number of benzene rings is 1. The van der Waals surface area contributed by atoms with E-state index in [1.807, 2.05) is 18.2 Å². The second-order valence-electron chi connectivity index (χ2n) is 8.58. The van der Waals surface area contributed by atoms with Crippen LogP contribution in [0.4, 0.5) is 0 Å². The first-order chi connectivity index (χ1) is 14.0. The lowest BCUT2D eigenvalue weighted by Crippen LogP contribution is -2.51. The fraction of sp³-hybridized carbons (Fsp3) is 0.458. The number of pyridine rings is 1. The first kappa shape index (κ1) is 19.9. The van der Waals surface area contributed by atoms with Gasteiger partial charge in [-0.15, -0.1) is 0 Å². The number of fused-ring (bicyclic) bond motifs is 4. The molecule has 0 unspecified atom stereocenters. The summed E-state index contributed by atoms with van der Waals surface area (Å²) in [5, 5.41) is 0. The van der Waals surface area contributed by atoms with Crippen LogP contribution in [0, 0.1) is 5.92 Å². The second-order valence-corrected chi connectivity index (χ2v) is 8.58. The Balaban J connectivity index is 1.50. The molecule has 0 radical (unpaired) electrons. The molecule has 4 rings (SSSR count). The molecule has 2 aliphatic rings. The quantitative estimate of drug-likeness (QED) is 0.756. The Hall–Kier alpha value is -2.37. The summed E-state index contributed by atoms with van der Waals surface area (Å²) in [7, 11) is 5.88. The highest BCUT2D eigenvalue weighted by Gasteiger charge is 2.40. The molecule has 0 aliphatic carbocycles. The van der Waals surface area contributed by atoms with Crippen LogP contribution in [-0.2, 0) is 0 Å². The van der Waals surface area contributed by atoms with Gasteiger partial charge < -0.3 is 14.2 Å².